The topological polar surface area (TPSA) is 93.3 Å². The number of thiophene rings is 1. The zero-order chi connectivity index (χ0) is 23.3. The predicted molar refractivity (Wildman–Crippen MR) is 129 cm³/mol. The number of carbonyl (C=O) groups excluding carboxylic acids is 2. The van der Waals surface area contributed by atoms with Gasteiger partial charge in [-0.2, -0.15) is 0 Å². The van der Waals surface area contributed by atoms with Crippen LogP contribution in [0.15, 0.2) is 64.6 Å². The van der Waals surface area contributed by atoms with Gasteiger partial charge in [-0.15, -0.1) is 16.4 Å². The molecule has 0 unspecified atom stereocenters. The quantitative estimate of drug-likeness (QED) is 0.408. The molecule has 1 aliphatic rings. The van der Waals surface area contributed by atoms with Crippen LogP contribution in [-0.2, 0) is 22.7 Å². The first kappa shape index (κ1) is 22.3. The van der Waals surface area contributed by atoms with Crippen LogP contribution in [0.3, 0.4) is 0 Å². The second kappa shape index (κ2) is 10.2. The molecule has 1 N–H and O–H groups in total. The number of furan rings is 1. The summed E-state index contributed by atoms with van der Waals surface area (Å²) in [6.07, 6.45) is 6.86. The van der Waals surface area contributed by atoms with E-state index in [0.29, 0.717) is 12.3 Å². The number of amides is 2. The van der Waals surface area contributed by atoms with E-state index in [1.807, 2.05) is 41.8 Å². The summed E-state index contributed by atoms with van der Waals surface area (Å²) in [6, 6.07) is 14.2. The minimum atomic E-state index is -0.874. The van der Waals surface area contributed by atoms with E-state index in [1.54, 1.807) is 33.1 Å². The first-order valence-corrected chi connectivity index (χ1v) is 12.5. The molecule has 176 valence electrons. The van der Waals surface area contributed by atoms with Crippen molar-refractivity contribution in [2.24, 2.45) is 0 Å². The molecule has 8 nitrogen and oxygen atoms in total. The summed E-state index contributed by atoms with van der Waals surface area (Å²) < 4.78 is 7.26. The number of aromatic nitrogens is 3. The fourth-order valence-electron chi connectivity index (χ4n) is 4.55. The fraction of sp³-hybridized carbons (Fsp3) is 0.360. The predicted octanol–water partition coefficient (Wildman–Crippen LogP) is 4.30. The molecule has 1 aliphatic carbocycles. The molecule has 0 saturated heterocycles. The Morgan fingerprint density at radius 1 is 1.12 bits per heavy atom. The lowest BCUT2D eigenvalue weighted by atomic mass is 9.95. The van der Waals surface area contributed by atoms with Gasteiger partial charge >= 0.3 is 0 Å². The van der Waals surface area contributed by atoms with E-state index in [4.69, 9.17) is 4.42 Å². The summed E-state index contributed by atoms with van der Waals surface area (Å²) >= 11 is 1.55. The number of hydrogen-bond donors (Lipinski definition) is 1. The molecule has 0 spiro atoms. The third-order valence-corrected chi connectivity index (χ3v) is 7.12. The molecule has 1 aromatic carbocycles. The zero-order valence-electron chi connectivity index (χ0n) is 18.8. The molecule has 1 saturated carbocycles. The van der Waals surface area contributed by atoms with Gasteiger partial charge in [0.15, 0.2) is 6.04 Å². The molecule has 2 amide bonds. The van der Waals surface area contributed by atoms with Gasteiger partial charge < -0.3 is 14.6 Å². The first-order chi connectivity index (χ1) is 16.7. The zero-order valence-corrected chi connectivity index (χ0v) is 19.6. The maximum Gasteiger partial charge on any atom is 0.250 e. The van der Waals surface area contributed by atoms with Gasteiger partial charge in [-0.3, -0.25) is 9.59 Å². The molecule has 1 atom stereocenters. The highest BCUT2D eigenvalue weighted by Crippen LogP contribution is 2.27. The van der Waals surface area contributed by atoms with Crippen LogP contribution in [0.25, 0.3) is 11.0 Å². The molecular weight excluding hydrogens is 450 g/mol. The van der Waals surface area contributed by atoms with Crippen LogP contribution in [0.4, 0.5) is 0 Å². The van der Waals surface area contributed by atoms with Crippen LogP contribution in [-0.4, -0.2) is 37.7 Å². The SMILES string of the molecule is O=C(NC1CCCCC1)[C@H](c1ccco1)N(Cc1cccs1)C(=O)Cn1nnc2ccccc21. The lowest BCUT2D eigenvalue weighted by Gasteiger charge is -2.32. The molecule has 0 radical (unpaired) electrons. The van der Waals surface area contributed by atoms with Crippen LogP contribution in [0.2, 0.25) is 0 Å². The number of rotatable bonds is 8. The molecule has 0 bridgehead atoms. The van der Waals surface area contributed by atoms with Crippen LogP contribution in [0.1, 0.15) is 48.8 Å². The van der Waals surface area contributed by atoms with Crippen LogP contribution in [0.5, 0.6) is 0 Å². The van der Waals surface area contributed by atoms with Crippen molar-refractivity contribution in [1.82, 2.24) is 25.2 Å². The van der Waals surface area contributed by atoms with E-state index >= 15 is 0 Å². The van der Waals surface area contributed by atoms with Gasteiger partial charge in [0.05, 0.1) is 18.3 Å². The maximum absolute atomic E-state index is 13.7. The summed E-state index contributed by atoms with van der Waals surface area (Å²) in [5, 5.41) is 13.5. The number of carbonyl (C=O) groups is 2. The van der Waals surface area contributed by atoms with Crippen molar-refractivity contribution in [3.05, 3.63) is 70.8 Å². The molecule has 34 heavy (non-hydrogen) atoms. The van der Waals surface area contributed by atoms with Crippen LogP contribution in [0, 0.1) is 0 Å². The number of nitrogens with one attached hydrogen (secondary N) is 1. The number of nitrogens with zero attached hydrogens (tertiary/aromatic N) is 4. The Morgan fingerprint density at radius 3 is 2.74 bits per heavy atom. The highest BCUT2D eigenvalue weighted by molar-refractivity contribution is 7.09. The Bertz CT molecular complexity index is 1230. The van der Waals surface area contributed by atoms with Crippen molar-refractivity contribution in [2.45, 2.75) is 57.3 Å². The standard InChI is InChI=1S/C25H27N5O3S/c31-23(17-30-21-12-5-4-11-20(21)27-28-30)29(16-19-10-7-15-34-19)24(22-13-6-14-33-22)25(32)26-18-8-2-1-3-9-18/h4-7,10-15,18,24H,1-3,8-9,16-17H2,(H,26,32)/t24-/m0/s1. The molecule has 0 aliphatic heterocycles. The molecule has 4 aromatic rings. The molecule has 1 fully saturated rings. The Labute approximate surface area is 201 Å². The molecular formula is C25H27N5O3S. The highest BCUT2D eigenvalue weighted by Gasteiger charge is 2.35. The third kappa shape index (κ3) is 4.89. The highest BCUT2D eigenvalue weighted by atomic mass is 32.1. The van der Waals surface area contributed by atoms with Crippen molar-refractivity contribution in [2.75, 3.05) is 0 Å². The van der Waals surface area contributed by atoms with E-state index in [-0.39, 0.29) is 24.4 Å². The summed E-state index contributed by atoms with van der Waals surface area (Å²) in [4.78, 5) is 29.9. The molecule has 3 aromatic heterocycles. The normalized spacial score (nSPS) is 15.3. The van der Waals surface area contributed by atoms with Gasteiger partial charge in [-0.05, 0) is 48.6 Å². The van der Waals surface area contributed by atoms with Gasteiger partial charge in [0.2, 0.25) is 5.91 Å². The fourth-order valence-corrected chi connectivity index (χ4v) is 5.25. The maximum atomic E-state index is 13.7. The Hall–Kier alpha value is -3.46. The van der Waals surface area contributed by atoms with Gasteiger partial charge in [0, 0.05) is 10.9 Å². The van der Waals surface area contributed by atoms with Crippen molar-refractivity contribution < 1.29 is 14.0 Å². The van der Waals surface area contributed by atoms with Gasteiger partial charge in [-0.25, -0.2) is 4.68 Å². The Kier molecular flexibility index (Phi) is 6.71. The lowest BCUT2D eigenvalue weighted by molar-refractivity contribution is -0.143. The number of hydrogen-bond acceptors (Lipinski definition) is 6. The van der Waals surface area contributed by atoms with Crippen molar-refractivity contribution in [1.29, 1.82) is 0 Å². The number of fused-ring (bicyclic) bond motifs is 1. The van der Waals surface area contributed by atoms with E-state index in [2.05, 4.69) is 15.6 Å². The average molecular weight is 478 g/mol. The van der Waals surface area contributed by atoms with E-state index < -0.39 is 6.04 Å². The van der Waals surface area contributed by atoms with E-state index in [1.165, 1.54) is 12.7 Å². The summed E-state index contributed by atoms with van der Waals surface area (Å²) in [7, 11) is 0. The Morgan fingerprint density at radius 2 is 1.97 bits per heavy atom. The molecule has 3 heterocycles. The minimum Gasteiger partial charge on any atom is -0.467 e. The summed E-state index contributed by atoms with van der Waals surface area (Å²) in [5.74, 6) is 0.00103. The lowest BCUT2D eigenvalue weighted by Crippen LogP contribution is -2.47. The minimum absolute atomic E-state index is 0.0280. The van der Waals surface area contributed by atoms with E-state index in [9.17, 15) is 9.59 Å². The van der Waals surface area contributed by atoms with Gasteiger partial charge in [0.25, 0.3) is 5.91 Å². The van der Waals surface area contributed by atoms with Crippen LogP contribution >= 0.6 is 11.3 Å². The third-order valence-electron chi connectivity index (χ3n) is 6.26. The number of benzene rings is 1. The van der Waals surface area contributed by atoms with E-state index in [0.717, 1.165) is 41.6 Å². The largest absolute Gasteiger partial charge is 0.467 e. The first-order valence-electron chi connectivity index (χ1n) is 11.6. The van der Waals surface area contributed by atoms with Crippen molar-refractivity contribution >= 4 is 34.2 Å². The second-order valence-corrected chi connectivity index (χ2v) is 9.63. The van der Waals surface area contributed by atoms with Gasteiger partial charge in [-0.1, -0.05) is 42.7 Å². The number of para-hydroxylation sites is 1. The van der Waals surface area contributed by atoms with Crippen LogP contribution < -0.4 is 5.32 Å². The molecule has 5 rings (SSSR count). The van der Waals surface area contributed by atoms with Crippen molar-refractivity contribution in [3.63, 3.8) is 0 Å². The van der Waals surface area contributed by atoms with Gasteiger partial charge in [0.1, 0.15) is 17.8 Å². The smallest absolute Gasteiger partial charge is 0.250 e. The summed E-state index contributed by atoms with van der Waals surface area (Å²) in [5.41, 5.74) is 1.49. The van der Waals surface area contributed by atoms with Crippen molar-refractivity contribution in [3.8, 4) is 0 Å². The molecule has 9 heteroatoms. The second-order valence-electron chi connectivity index (χ2n) is 8.60. The monoisotopic (exact) mass is 477 g/mol. The Balaban J connectivity index is 1.46. The summed E-state index contributed by atoms with van der Waals surface area (Å²) in [6.45, 7) is 0.270. The average Bonchev–Trinajstić information content (AvgIpc) is 3.63.